The Morgan fingerprint density at radius 2 is 1.30 bits per heavy atom. The van der Waals surface area contributed by atoms with Gasteiger partial charge < -0.3 is 15.2 Å². The minimum Gasteiger partial charge on any atom is -0.380 e. The van der Waals surface area contributed by atoms with Crippen LogP contribution < -0.4 is 5.73 Å². The van der Waals surface area contributed by atoms with Crippen molar-refractivity contribution >= 4 is 0 Å². The minimum atomic E-state index is -0.351. The highest BCUT2D eigenvalue weighted by atomic mass is 16.5. The Morgan fingerprint density at radius 3 is 1.75 bits per heavy atom. The molecule has 0 aromatic rings. The maximum atomic E-state index is 8.78. The fourth-order valence-corrected chi connectivity index (χ4v) is 1.88. The molecule has 110 valence electrons. The van der Waals surface area contributed by atoms with E-state index in [0.717, 1.165) is 0 Å². The first kappa shape index (κ1) is 18.4. The van der Waals surface area contributed by atoms with Crippen LogP contribution in [0, 0.1) is 39.4 Å². The van der Waals surface area contributed by atoms with Crippen LogP contribution in [0.15, 0.2) is 0 Å². The van der Waals surface area contributed by atoms with Gasteiger partial charge in [0.1, 0.15) is 0 Å². The van der Waals surface area contributed by atoms with E-state index in [1.54, 1.807) is 0 Å². The lowest BCUT2D eigenvalue weighted by Crippen LogP contribution is -2.33. The summed E-state index contributed by atoms with van der Waals surface area (Å²) in [6.45, 7) is 2.04. The summed E-state index contributed by atoms with van der Waals surface area (Å²) in [5.41, 5.74) is 5.05. The molecule has 0 aromatic carbocycles. The summed E-state index contributed by atoms with van der Waals surface area (Å²) in [6.07, 6.45) is 2.33. The second-order valence-electron chi connectivity index (χ2n) is 4.62. The van der Waals surface area contributed by atoms with Gasteiger partial charge in [0.2, 0.25) is 0 Å². The van der Waals surface area contributed by atoms with Gasteiger partial charge in [0, 0.05) is 24.8 Å². The zero-order chi connectivity index (χ0) is 15.1. The lowest BCUT2D eigenvalue weighted by atomic mass is 9.80. The zero-order valence-electron chi connectivity index (χ0n) is 11.8. The SMILES string of the molecule is N#CCCOCC(CCC#N)(CCC#N)COCCN. The van der Waals surface area contributed by atoms with E-state index < -0.39 is 0 Å². The van der Waals surface area contributed by atoms with Crippen LogP contribution in [0.3, 0.4) is 0 Å². The molecule has 0 unspecified atom stereocenters. The van der Waals surface area contributed by atoms with Crippen LogP contribution >= 0.6 is 0 Å². The molecule has 0 amide bonds. The van der Waals surface area contributed by atoms with E-state index in [2.05, 4.69) is 12.1 Å². The van der Waals surface area contributed by atoms with Crippen LogP contribution in [-0.2, 0) is 9.47 Å². The van der Waals surface area contributed by atoms with E-state index in [4.69, 9.17) is 31.0 Å². The molecule has 0 fully saturated rings. The molecule has 0 heterocycles. The lowest BCUT2D eigenvalue weighted by Gasteiger charge is -2.32. The quantitative estimate of drug-likeness (QED) is 0.540. The van der Waals surface area contributed by atoms with Crippen molar-refractivity contribution in [3.8, 4) is 18.2 Å². The molecule has 0 spiro atoms. The smallest absolute Gasteiger partial charge is 0.0645 e. The molecule has 0 saturated heterocycles. The summed E-state index contributed by atoms with van der Waals surface area (Å²) in [7, 11) is 0. The topological polar surface area (TPSA) is 116 Å². The summed E-state index contributed by atoms with van der Waals surface area (Å²) < 4.78 is 11.0. The van der Waals surface area contributed by atoms with Gasteiger partial charge in [-0.25, -0.2) is 0 Å². The molecule has 0 aromatic heterocycles. The second kappa shape index (κ2) is 12.4. The third-order valence-electron chi connectivity index (χ3n) is 2.97. The molecule has 20 heavy (non-hydrogen) atoms. The van der Waals surface area contributed by atoms with Gasteiger partial charge in [-0.05, 0) is 12.8 Å². The summed E-state index contributed by atoms with van der Waals surface area (Å²) in [4.78, 5) is 0. The summed E-state index contributed by atoms with van der Waals surface area (Å²) in [5.74, 6) is 0. The van der Waals surface area contributed by atoms with Crippen molar-refractivity contribution in [2.45, 2.75) is 32.1 Å². The maximum absolute atomic E-state index is 8.78. The Hall–Kier alpha value is -1.65. The van der Waals surface area contributed by atoms with E-state index in [0.29, 0.717) is 65.1 Å². The first-order valence-corrected chi connectivity index (χ1v) is 6.71. The predicted molar refractivity (Wildman–Crippen MR) is 73.0 cm³/mol. The number of nitriles is 3. The minimum absolute atomic E-state index is 0.330. The van der Waals surface area contributed by atoms with Gasteiger partial charge in [-0.2, -0.15) is 15.8 Å². The Morgan fingerprint density at radius 1 is 0.800 bits per heavy atom. The molecule has 6 heteroatoms. The average Bonchev–Trinajstić information content (AvgIpc) is 2.47. The number of ether oxygens (including phenoxy) is 2. The van der Waals surface area contributed by atoms with Crippen molar-refractivity contribution in [3.05, 3.63) is 0 Å². The van der Waals surface area contributed by atoms with Gasteiger partial charge in [-0.15, -0.1) is 0 Å². The van der Waals surface area contributed by atoms with Gasteiger partial charge in [0.05, 0.1) is 51.1 Å². The van der Waals surface area contributed by atoms with E-state index in [-0.39, 0.29) is 5.41 Å². The Bertz CT molecular complexity index is 347. The van der Waals surface area contributed by atoms with Gasteiger partial charge in [-0.3, -0.25) is 0 Å². The van der Waals surface area contributed by atoms with Crippen LogP contribution in [-0.4, -0.2) is 33.0 Å². The van der Waals surface area contributed by atoms with Crippen molar-refractivity contribution < 1.29 is 9.47 Å². The molecule has 0 bridgehead atoms. The molecule has 0 radical (unpaired) electrons. The van der Waals surface area contributed by atoms with Crippen LogP contribution in [0.4, 0.5) is 0 Å². The Kier molecular flexibility index (Phi) is 11.4. The summed E-state index contributed by atoms with van der Waals surface area (Å²) in [6, 6.07) is 6.26. The van der Waals surface area contributed by atoms with Crippen molar-refractivity contribution in [1.82, 2.24) is 0 Å². The number of hydrogen-bond donors (Lipinski definition) is 1. The second-order valence-corrected chi connectivity index (χ2v) is 4.62. The highest BCUT2D eigenvalue weighted by molar-refractivity contribution is 4.87. The zero-order valence-corrected chi connectivity index (χ0v) is 11.8. The summed E-state index contributed by atoms with van der Waals surface area (Å²) >= 11 is 0. The van der Waals surface area contributed by atoms with Gasteiger partial charge in [-0.1, -0.05) is 0 Å². The van der Waals surface area contributed by atoms with Gasteiger partial charge in [0.15, 0.2) is 0 Å². The first-order chi connectivity index (χ1) is 9.74. The fourth-order valence-electron chi connectivity index (χ4n) is 1.88. The fraction of sp³-hybridized carbons (Fsp3) is 0.786. The van der Waals surface area contributed by atoms with Crippen LogP contribution in [0.1, 0.15) is 32.1 Å². The molecular formula is C14H22N4O2. The van der Waals surface area contributed by atoms with Gasteiger partial charge in [0.25, 0.3) is 0 Å². The van der Waals surface area contributed by atoms with Gasteiger partial charge >= 0.3 is 0 Å². The van der Waals surface area contributed by atoms with E-state index in [1.165, 1.54) is 0 Å². The monoisotopic (exact) mass is 278 g/mol. The third kappa shape index (κ3) is 8.45. The van der Waals surface area contributed by atoms with E-state index in [9.17, 15) is 0 Å². The summed E-state index contributed by atoms with van der Waals surface area (Å²) in [5, 5.41) is 26.1. The molecule has 0 aliphatic carbocycles. The van der Waals surface area contributed by atoms with E-state index >= 15 is 0 Å². The number of nitrogens with two attached hydrogens (primary N) is 1. The van der Waals surface area contributed by atoms with Crippen molar-refractivity contribution in [1.29, 1.82) is 15.8 Å². The predicted octanol–water partition coefficient (Wildman–Crippen LogP) is 1.49. The van der Waals surface area contributed by atoms with Crippen molar-refractivity contribution in [3.63, 3.8) is 0 Å². The molecule has 0 saturated carbocycles. The number of nitrogens with zero attached hydrogens (tertiary/aromatic N) is 3. The lowest BCUT2D eigenvalue weighted by molar-refractivity contribution is -0.0280. The molecule has 6 nitrogen and oxygen atoms in total. The molecule has 2 N–H and O–H groups in total. The Labute approximate surface area is 120 Å². The highest BCUT2D eigenvalue weighted by Crippen LogP contribution is 2.31. The first-order valence-electron chi connectivity index (χ1n) is 6.71. The molecule has 0 aliphatic rings. The standard InChI is InChI=1S/C14H22N4O2/c15-6-1-4-14(5-2-7-16,13-20-11-9-18)12-19-10-3-8-17/h1-5,9-13,18H2. The average molecular weight is 278 g/mol. The molecule has 0 aliphatic heterocycles. The normalized spacial score (nSPS) is 10.5. The molecule has 0 rings (SSSR count). The van der Waals surface area contributed by atoms with Crippen LogP contribution in [0.25, 0.3) is 0 Å². The maximum Gasteiger partial charge on any atom is 0.0645 e. The molecule has 0 atom stereocenters. The largest absolute Gasteiger partial charge is 0.380 e. The highest BCUT2D eigenvalue weighted by Gasteiger charge is 2.30. The molecular weight excluding hydrogens is 256 g/mol. The van der Waals surface area contributed by atoms with E-state index in [1.807, 2.05) is 6.07 Å². The number of hydrogen-bond acceptors (Lipinski definition) is 6. The van der Waals surface area contributed by atoms with Crippen LogP contribution in [0.5, 0.6) is 0 Å². The van der Waals surface area contributed by atoms with Crippen molar-refractivity contribution in [2.24, 2.45) is 11.1 Å². The van der Waals surface area contributed by atoms with Crippen molar-refractivity contribution in [2.75, 3.05) is 33.0 Å². The number of rotatable bonds is 12. The third-order valence-corrected chi connectivity index (χ3v) is 2.97. The van der Waals surface area contributed by atoms with Crippen LogP contribution in [0.2, 0.25) is 0 Å². The Balaban J connectivity index is 4.57.